The van der Waals surface area contributed by atoms with Gasteiger partial charge in [0.15, 0.2) is 5.43 Å². The lowest BCUT2D eigenvalue weighted by Crippen LogP contribution is -2.29. The number of carbonyl (C=O) groups excluding carboxylic acids is 2. The highest BCUT2D eigenvalue weighted by molar-refractivity contribution is 6.21. The molecule has 0 saturated carbocycles. The number of nitrogens with one attached hydrogen (secondary N) is 1. The van der Waals surface area contributed by atoms with E-state index in [9.17, 15) is 14.4 Å². The first kappa shape index (κ1) is 13.5. The van der Waals surface area contributed by atoms with Gasteiger partial charge in [-0.15, -0.1) is 0 Å². The number of rotatable bonds is 2. The lowest BCUT2D eigenvalue weighted by atomic mass is 10.1. The molecule has 0 spiro atoms. The molecule has 0 unspecified atom stereocenters. The summed E-state index contributed by atoms with van der Waals surface area (Å²) in [7, 11) is 0. The van der Waals surface area contributed by atoms with Crippen LogP contribution in [-0.4, -0.2) is 21.7 Å². The molecule has 5 nitrogen and oxygen atoms in total. The second kappa shape index (κ2) is 4.91. The van der Waals surface area contributed by atoms with E-state index in [4.69, 9.17) is 0 Å². The van der Waals surface area contributed by atoms with Crippen molar-refractivity contribution in [3.63, 3.8) is 0 Å². The van der Waals surface area contributed by atoms with Crippen LogP contribution in [-0.2, 0) is 6.54 Å². The number of hydrogen-bond acceptors (Lipinski definition) is 3. The minimum absolute atomic E-state index is 0.0639. The van der Waals surface area contributed by atoms with E-state index in [1.807, 2.05) is 0 Å². The monoisotopic (exact) mass is 304 g/mol. The molecule has 4 rings (SSSR count). The Kier molecular flexibility index (Phi) is 2.87. The molecule has 1 aliphatic heterocycles. The van der Waals surface area contributed by atoms with Crippen molar-refractivity contribution in [2.45, 2.75) is 6.54 Å². The van der Waals surface area contributed by atoms with Crippen molar-refractivity contribution >= 4 is 22.7 Å². The van der Waals surface area contributed by atoms with Gasteiger partial charge in [-0.05, 0) is 29.8 Å². The molecule has 112 valence electrons. The number of pyridine rings is 1. The fourth-order valence-electron chi connectivity index (χ4n) is 2.89. The van der Waals surface area contributed by atoms with Gasteiger partial charge >= 0.3 is 0 Å². The summed E-state index contributed by atoms with van der Waals surface area (Å²) in [4.78, 5) is 40.7. The topological polar surface area (TPSA) is 70.2 Å². The molecule has 0 bridgehead atoms. The number of benzene rings is 2. The summed E-state index contributed by atoms with van der Waals surface area (Å²) in [5, 5.41) is 0.582. The molecule has 0 saturated heterocycles. The van der Waals surface area contributed by atoms with Crippen molar-refractivity contribution in [2.75, 3.05) is 0 Å². The first-order chi connectivity index (χ1) is 11.1. The lowest BCUT2D eigenvalue weighted by Gasteiger charge is -2.14. The van der Waals surface area contributed by atoms with Gasteiger partial charge in [-0.2, -0.15) is 0 Å². The highest BCUT2D eigenvalue weighted by atomic mass is 16.2. The Morgan fingerprint density at radius 2 is 1.57 bits per heavy atom. The van der Waals surface area contributed by atoms with Gasteiger partial charge in [-0.3, -0.25) is 19.3 Å². The largest absolute Gasteiger partial charge is 0.361 e. The van der Waals surface area contributed by atoms with Crippen molar-refractivity contribution in [1.29, 1.82) is 0 Å². The van der Waals surface area contributed by atoms with Crippen molar-refractivity contribution in [3.8, 4) is 0 Å². The zero-order valence-electron chi connectivity index (χ0n) is 12.1. The summed E-state index contributed by atoms with van der Waals surface area (Å²) in [6, 6.07) is 13.5. The predicted octanol–water partition coefficient (Wildman–Crippen LogP) is 2.32. The highest BCUT2D eigenvalue weighted by Gasteiger charge is 2.34. The van der Waals surface area contributed by atoms with Crippen molar-refractivity contribution < 1.29 is 9.59 Å². The van der Waals surface area contributed by atoms with Crippen LogP contribution in [0.25, 0.3) is 10.9 Å². The summed E-state index contributed by atoms with van der Waals surface area (Å²) in [5.74, 6) is -0.570. The van der Waals surface area contributed by atoms with Crippen molar-refractivity contribution in [2.24, 2.45) is 0 Å². The van der Waals surface area contributed by atoms with Crippen LogP contribution in [0.15, 0.2) is 59.5 Å². The maximum atomic E-state index is 12.4. The van der Waals surface area contributed by atoms with Crippen LogP contribution in [0.1, 0.15) is 26.3 Å². The number of nitrogens with zero attached hydrogens (tertiary/aromatic N) is 1. The molecule has 0 aliphatic carbocycles. The quantitative estimate of drug-likeness (QED) is 0.739. The fourth-order valence-corrected chi connectivity index (χ4v) is 2.89. The van der Waals surface area contributed by atoms with E-state index in [2.05, 4.69) is 4.98 Å². The zero-order chi connectivity index (χ0) is 16.0. The summed E-state index contributed by atoms with van der Waals surface area (Å²) < 4.78 is 0. The number of aromatic nitrogens is 1. The number of hydrogen-bond donors (Lipinski definition) is 1. The third-order valence-electron chi connectivity index (χ3n) is 4.04. The second-order valence-electron chi connectivity index (χ2n) is 5.46. The maximum absolute atomic E-state index is 12.4. The summed E-state index contributed by atoms with van der Waals surface area (Å²) in [5.41, 5.74) is 2.28. The average Bonchev–Trinajstić information content (AvgIpc) is 2.81. The Hall–Kier alpha value is -3.21. The third-order valence-corrected chi connectivity index (χ3v) is 4.04. The minimum atomic E-state index is -0.285. The van der Waals surface area contributed by atoms with Gasteiger partial charge in [0.2, 0.25) is 0 Å². The van der Waals surface area contributed by atoms with E-state index in [1.165, 1.54) is 11.0 Å². The molecule has 0 fully saturated rings. The van der Waals surface area contributed by atoms with Gasteiger partial charge in [-0.25, -0.2) is 0 Å². The molecule has 23 heavy (non-hydrogen) atoms. The number of aromatic amines is 1. The lowest BCUT2D eigenvalue weighted by molar-refractivity contribution is 0.0642. The Morgan fingerprint density at radius 3 is 2.26 bits per heavy atom. The number of amides is 2. The molecule has 5 heteroatoms. The van der Waals surface area contributed by atoms with E-state index in [-0.39, 0.29) is 23.8 Å². The van der Waals surface area contributed by atoms with E-state index in [0.29, 0.717) is 22.0 Å². The minimum Gasteiger partial charge on any atom is -0.361 e. The Balaban J connectivity index is 1.71. The van der Waals surface area contributed by atoms with Gasteiger partial charge in [0.05, 0.1) is 17.7 Å². The van der Waals surface area contributed by atoms with E-state index in [0.717, 1.165) is 5.56 Å². The first-order valence-corrected chi connectivity index (χ1v) is 7.21. The molecule has 0 atom stereocenters. The van der Waals surface area contributed by atoms with Gasteiger partial charge in [0.25, 0.3) is 11.8 Å². The van der Waals surface area contributed by atoms with E-state index >= 15 is 0 Å². The van der Waals surface area contributed by atoms with E-state index < -0.39 is 0 Å². The molecule has 0 radical (unpaired) electrons. The van der Waals surface area contributed by atoms with Crippen LogP contribution in [0.4, 0.5) is 0 Å². The van der Waals surface area contributed by atoms with Crippen LogP contribution >= 0.6 is 0 Å². The van der Waals surface area contributed by atoms with Crippen LogP contribution < -0.4 is 5.43 Å². The molecule has 1 aliphatic rings. The number of H-pyrrole nitrogens is 1. The van der Waals surface area contributed by atoms with Crippen molar-refractivity contribution in [3.05, 3.63) is 81.6 Å². The standard InChI is InChI=1S/C18H12N2O3/c21-16-7-8-19-15-9-11(5-6-14(15)16)10-20-17(22)12-3-1-2-4-13(12)18(20)23/h1-9H,10H2,(H,19,21). The van der Waals surface area contributed by atoms with Crippen LogP contribution in [0.2, 0.25) is 0 Å². The smallest absolute Gasteiger partial charge is 0.261 e. The van der Waals surface area contributed by atoms with Gasteiger partial charge in [-0.1, -0.05) is 18.2 Å². The number of fused-ring (bicyclic) bond motifs is 2. The Bertz CT molecular complexity index is 985. The highest BCUT2D eigenvalue weighted by Crippen LogP contribution is 2.24. The fraction of sp³-hybridized carbons (Fsp3) is 0.0556. The molecule has 1 aromatic heterocycles. The van der Waals surface area contributed by atoms with Crippen molar-refractivity contribution in [1.82, 2.24) is 9.88 Å². The van der Waals surface area contributed by atoms with Crippen LogP contribution in [0.5, 0.6) is 0 Å². The summed E-state index contributed by atoms with van der Waals surface area (Å²) in [6.45, 7) is 0.180. The molecule has 1 N–H and O–H groups in total. The zero-order valence-corrected chi connectivity index (χ0v) is 12.1. The van der Waals surface area contributed by atoms with Crippen LogP contribution in [0, 0.1) is 0 Å². The Morgan fingerprint density at radius 1 is 0.870 bits per heavy atom. The van der Waals surface area contributed by atoms with Gasteiger partial charge in [0, 0.05) is 23.2 Å². The number of imide groups is 1. The molecule has 2 aromatic carbocycles. The third kappa shape index (κ3) is 2.05. The van der Waals surface area contributed by atoms with E-state index in [1.54, 1.807) is 48.7 Å². The Labute approximate surface area is 131 Å². The molecule has 2 heterocycles. The molecular weight excluding hydrogens is 292 g/mol. The predicted molar refractivity (Wildman–Crippen MR) is 85.2 cm³/mol. The average molecular weight is 304 g/mol. The summed E-state index contributed by atoms with van der Waals surface area (Å²) in [6.07, 6.45) is 1.58. The molecule has 3 aromatic rings. The van der Waals surface area contributed by atoms with Gasteiger partial charge in [0.1, 0.15) is 0 Å². The number of carbonyl (C=O) groups is 2. The molecule has 2 amide bonds. The molecular formula is C18H12N2O3. The normalized spacial score (nSPS) is 13.7. The first-order valence-electron chi connectivity index (χ1n) is 7.21. The van der Waals surface area contributed by atoms with Gasteiger partial charge < -0.3 is 4.98 Å². The SMILES string of the molecule is O=C1c2ccccc2C(=O)N1Cc1ccc2c(=O)cc[nH]c2c1. The van der Waals surface area contributed by atoms with Crippen LogP contribution in [0.3, 0.4) is 0 Å². The summed E-state index contributed by atoms with van der Waals surface area (Å²) >= 11 is 0. The maximum Gasteiger partial charge on any atom is 0.261 e. The second-order valence-corrected chi connectivity index (χ2v) is 5.46.